The normalized spacial score (nSPS) is 15.2. The number of nitrogens with one attached hydrogen (secondary N) is 1. The van der Waals surface area contributed by atoms with Gasteiger partial charge < -0.3 is 25.4 Å². The van der Waals surface area contributed by atoms with Gasteiger partial charge >= 0.3 is 0 Å². The molecule has 6 nitrogen and oxygen atoms in total. The third kappa shape index (κ3) is 6.48. The first-order valence-electron chi connectivity index (χ1n) is 7.34. The second kappa shape index (κ2) is 10.6. The average Bonchev–Trinajstić information content (AvgIpc) is 2.54. The van der Waals surface area contributed by atoms with Crippen molar-refractivity contribution in [3.63, 3.8) is 0 Å². The molecular formula is C15H24FIN4O2. The fourth-order valence-corrected chi connectivity index (χ4v) is 2.22. The van der Waals surface area contributed by atoms with Crippen LogP contribution in [0.4, 0.5) is 10.1 Å². The second-order valence-corrected chi connectivity index (χ2v) is 5.01. The van der Waals surface area contributed by atoms with E-state index < -0.39 is 0 Å². The first kappa shape index (κ1) is 19.9. The highest BCUT2D eigenvalue weighted by Crippen LogP contribution is 2.21. The minimum absolute atomic E-state index is 0. The fourth-order valence-electron chi connectivity index (χ4n) is 2.22. The van der Waals surface area contributed by atoms with Crippen LogP contribution >= 0.6 is 24.0 Å². The number of guanidine groups is 1. The topological polar surface area (TPSA) is 72.1 Å². The number of aliphatic imine (C=N–C) groups is 1. The number of nitrogens with two attached hydrogens (primary N) is 1. The summed E-state index contributed by atoms with van der Waals surface area (Å²) >= 11 is 0. The molecular weight excluding hydrogens is 414 g/mol. The maximum Gasteiger partial charge on any atom is 0.188 e. The number of morpholine rings is 1. The lowest BCUT2D eigenvalue weighted by atomic mass is 10.1. The van der Waals surface area contributed by atoms with Crippen LogP contribution in [-0.2, 0) is 16.0 Å². The maximum absolute atomic E-state index is 14.2. The highest BCUT2D eigenvalue weighted by Gasteiger charge is 2.15. The molecule has 0 unspecified atom stereocenters. The maximum atomic E-state index is 14.2. The molecule has 3 N–H and O–H groups in total. The Hall–Kier alpha value is -1.13. The Labute approximate surface area is 153 Å². The molecule has 1 aliphatic heterocycles. The molecule has 1 aliphatic rings. The van der Waals surface area contributed by atoms with Crippen molar-refractivity contribution in [2.75, 3.05) is 51.5 Å². The molecule has 0 aromatic heterocycles. The van der Waals surface area contributed by atoms with Gasteiger partial charge in [0.05, 0.1) is 32.1 Å². The van der Waals surface area contributed by atoms with Gasteiger partial charge in [-0.15, -0.1) is 24.0 Å². The Bertz CT molecular complexity index is 510. The van der Waals surface area contributed by atoms with E-state index in [0.717, 1.165) is 5.56 Å². The minimum Gasteiger partial charge on any atom is -0.383 e. The summed E-state index contributed by atoms with van der Waals surface area (Å²) in [5.41, 5.74) is 7.11. The number of hydrogen-bond acceptors (Lipinski definition) is 4. The first-order valence-corrected chi connectivity index (χ1v) is 7.34. The van der Waals surface area contributed by atoms with Crippen molar-refractivity contribution < 1.29 is 13.9 Å². The van der Waals surface area contributed by atoms with Crippen LogP contribution in [0.5, 0.6) is 0 Å². The quantitative estimate of drug-likeness (QED) is 0.304. The molecule has 1 heterocycles. The summed E-state index contributed by atoms with van der Waals surface area (Å²) in [4.78, 5) is 6.17. The molecule has 23 heavy (non-hydrogen) atoms. The van der Waals surface area contributed by atoms with E-state index in [4.69, 9.17) is 15.2 Å². The van der Waals surface area contributed by atoms with Crippen LogP contribution in [0.2, 0.25) is 0 Å². The van der Waals surface area contributed by atoms with E-state index >= 15 is 0 Å². The van der Waals surface area contributed by atoms with Gasteiger partial charge in [0.2, 0.25) is 0 Å². The van der Waals surface area contributed by atoms with E-state index in [-0.39, 0.29) is 29.8 Å². The van der Waals surface area contributed by atoms with Crippen molar-refractivity contribution in [2.24, 2.45) is 10.7 Å². The predicted molar refractivity (Wildman–Crippen MR) is 100 cm³/mol. The zero-order chi connectivity index (χ0) is 15.8. The number of halogens is 2. The molecule has 1 aromatic carbocycles. The van der Waals surface area contributed by atoms with Crippen LogP contribution < -0.4 is 16.0 Å². The number of hydrogen-bond donors (Lipinski definition) is 2. The van der Waals surface area contributed by atoms with E-state index in [9.17, 15) is 4.39 Å². The molecule has 2 rings (SSSR count). The van der Waals surface area contributed by atoms with Crippen molar-refractivity contribution >= 4 is 35.6 Å². The lowest BCUT2D eigenvalue weighted by Crippen LogP contribution is -2.36. The Kier molecular flexibility index (Phi) is 9.19. The van der Waals surface area contributed by atoms with Gasteiger partial charge in [0.1, 0.15) is 5.82 Å². The zero-order valence-electron chi connectivity index (χ0n) is 13.3. The van der Waals surface area contributed by atoms with Gasteiger partial charge in [-0.2, -0.15) is 0 Å². The molecule has 0 amide bonds. The fraction of sp³-hybridized carbons (Fsp3) is 0.533. The van der Waals surface area contributed by atoms with Crippen molar-refractivity contribution in [3.8, 4) is 0 Å². The van der Waals surface area contributed by atoms with E-state index in [0.29, 0.717) is 57.6 Å². The van der Waals surface area contributed by atoms with Crippen LogP contribution in [0.25, 0.3) is 0 Å². The van der Waals surface area contributed by atoms with Gasteiger partial charge in [0, 0.05) is 26.7 Å². The zero-order valence-corrected chi connectivity index (χ0v) is 15.6. The van der Waals surface area contributed by atoms with Crippen molar-refractivity contribution in [1.82, 2.24) is 5.32 Å². The van der Waals surface area contributed by atoms with Crippen LogP contribution in [0.15, 0.2) is 23.2 Å². The molecule has 1 fully saturated rings. The molecule has 0 spiro atoms. The Morgan fingerprint density at radius 3 is 2.83 bits per heavy atom. The van der Waals surface area contributed by atoms with E-state index in [1.54, 1.807) is 13.2 Å². The summed E-state index contributed by atoms with van der Waals surface area (Å²) in [7, 11) is 1.62. The summed E-state index contributed by atoms with van der Waals surface area (Å²) in [5.74, 6) is 0.0928. The molecule has 1 saturated heterocycles. The summed E-state index contributed by atoms with van der Waals surface area (Å²) in [5, 5.41) is 2.92. The van der Waals surface area contributed by atoms with Gasteiger partial charge in [0.25, 0.3) is 0 Å². The van der Waals surface area contributed by atoms with Gasteiger partial charge in [-0.05, 0) is 17.7 Å². The van der Waals surface area contributed by atoms with Crippen LogP contribution in [0.3, 0.4) is 0 Å². The summed E-state index contributed by atoms with van der Waals surface area (Å²) < 4.78 is 24.4. The van der Waals surface area contributed by atoms with Crippen LogP contribution in [-0.4, -0.2) is 52.5 Å². The smallest absolute Gasteiger partial charge is 0.188 e. The number of ether oxygens (including phenoxy) is 2. The van der Waals surface area contributed by atoms with Gasteiger partial charge in [0.15, 0.2) is 5.96 Å². The molecule has 8 heteroatoms. The molecule has 130 valence electrons. The van der Waals surface area contributed by atoms with Gasteiger partial charge in [-0.25, -0.2) is 9.38 Å². The Morgan fingerprint density at radius 2 is 2.17 bits per heavy atom. The number of benzene rings is 1. The highest BCUT2D eigenvalue weighted by atomic mass is 127. The monoisotopic (exact) mass is 438 g/mol. The Balaban J connectivity index is 0.00000264. The molecule has 1 aromatic rings. The number of nitrogens with zero attached hydrogens (tertiary/aromatic N) is 2. The SMILES string of the molecule is COCCNC(N)=NCc1ccc(N2CCOCC2)c(F)c1.I. The van der Waals surface area contributed by atoms with Crippen molar-refractivity contribution in [3.05, 3.63) is 29.6 Å². The average molecular weight is 438 g/mol. The van der Waals surface area contributed by atoms with Crippen molar-refractivity contribution in [1.29, 1.82) is 0 Å². The van der Waals surface area contributed by atoms with Crippen LogP contribution in [0, 0.1) is 5.82 Å². The van der Waals surface area contributed by atoms with E-state index in [1.807, 2.05) is 11.0 Å². The summed E-state index contributed by atoms with van der Waals surface area (Å²) in [6.45, 7) is 4.18. The van der Waals surface area contributed by atoms with Crippen LogP contribution in [0.1, 0.15) is 5.56 Å². The molecule has 0 saturated carbocycles. The highest BCUT2D eigenvalue weighted by molar-refractivity contribution is 14.0. The summed E-state index contributed by atoms with van der Waals surface area (Å²) in [6, 6.07) is 5.18. The largest absolute Gasteiger partial charge is 0.383 e. The second-order valence-electron chi connectivity index (χ2n) is 5.01. The van der Waals surface area contributed by atoms with E-state index in [1.165, 1.54) is 6.07 Å². The number of methoxy groups -OCH3 is 1. The van der Waals surface area contributed by atoms with Gasteiger partial charge in [-0.3, -0.25) is 0 Å². The summed E-state index contributed by atoms with van der Waals surface area (Å²) in [6.07, 6.45) is 0. The van der Waals surface area contributed by atoms with Gasteiger partial charge in [-0.1, -0.05) is 6.07 Å². The van der Waals surface area contributed by atoms with Crippen molar-refractivity contribution in [2.45, 2.75) is 6.54 Å². The van der Waals surface area contributed by atoms with E-state index in [2.05, 4.69) is 10.3 Å². The molecule has 0 bridgehead atoms. The lowest BCUT2D eigenvalue weighted by molar-refractivity contribution is 0.122. The minimum atomic E-state index is -0.236. The third-order valence-electron chi connectivity index (χ3n) is 3.41. The molecule has 0 radical (unpaired) electrons. The standard InChI is InChI=1S/C15H23FN4O2.HI/c1-21-7-4-18-15(17)19-11-12-2-3-14(13(16)10-12)20-5-8-22-9-6-20;/h2-3,10H,4-9,11H2,1H3,(H3,17,18,19);1H. The lowest BCUT2D eigenvalue weighted by Gasteiger charge is -2.29. The Morgan fingerprint density at radius 1 is 1.43 bits per heavy atom. The number of anilines is 1. The third-order valence-corrected chi connectivity index (χ3v) is 3.41. The first-order chi connectivity index (χ1) is 10.7. The molecule has 0 atom stereocenters. The predicted octanol–water partition coefficient (Wildman–Crippen LogP) is 1.33. The molecule has 0 aliphatic carbocycles. The number of rotatable bonds is 6.